The minimum absolute atomic E-state index is 0.0509. The third-order valence-electron chi connectivity index (χ3n) is 3.40. The number of nitrogens with zero attached hydrogens (tertiary/aromatic N) is 2. The van der Waals surface area contributed by atoms with Crippen molar-refractivity contribution < 1.29 is 9.90 Å². The maximum absolute atomic E-state index is 12.0. The molecule has 6 nitrogen and oxygen atoms in total. The number of nitrogen functional groups attached to an aromatic ring is 1. The van der Waals surface area contributed by atoms with Crippen LogP contribution in [0.3, 0.4) is 0 Å². The molecule has 0 unspecified atom stereocenters. The summed E-state index contributed by atoms with van der Waals surface area (Å²) in [6.45, 7) is 0. The van der Waals surface area contributed by atoms with Gasteiger partial charge in [0.05, 0.1) is 11.8 Å². The molecular formula is C14H16N4O2. The zero-order chi connectivity index (χ0) is 14.1. The second-order valence-corrected chi connectivity index (χ2v) is 5.04. The van der Waals surface area contributed by atoms with Crippen molar-refractivity contribution in [3.8, 4) is 5.69 Å². The summed E-state index contributed by atoms with van der Waals surface area (Å²) in [5.41, 5.74) is 7.53. The Morgan fingerprint density at radius 3 is 2.90 bits per heavy atom. The van der Waals surface area contributed by atoms with Crippen LogP contribution in [-0.2, 0) is 0 Å². The Balaban J connectivity index is 1.71. The lowest BCUT2D eigenvalue weighted by molar-refractivity contribution is 0.0560. The fraction of sp³-hybridized carbons (Fsp3) is 0.286. The molecule has 1 aliphatic rings. The second kappa shape index (κ2) is 4.97. The fourth-order valence-corrected chi connectivity index (χ4v) is 2.22. The predicted molar refractivity (Wildman–Crippen MR) is 74.5 cm³/mol. The van der Waals surface area contributed by atoms with Crippen LogP contribution in [0.25, 0.3) is 5.69 Å². The lowest BCUT2D eigenvalue weighted by Crippen LogP contribution is -2.46. The van der Waals surface area contributed by atoms with Gasteiger partial charge in [-0.1, -0.05) is 6.07 Å². The predicted octanol–water partition coefficient (Wildman–Crippen LogP) is 0.708. The highest BCUT2D eigenvalue weighted by atomic mass is 16.3. The van der Waals surface area contributed by atoms with Gasteiger partial charge in [0.2, 0.25) is 0 Å². The molecule has 1 saturated carbocycles. The summed E-state index contributed by atoms with van der Waals surface area (Å²) in [6.07, 6.45) is 2.66. The molecule has 0 radical (unpaired) electrons. The van der Waals surface area contributed by atoms with E-state index in [1.165, 1.54) is 0 Å². The summed E-state index contributed by atoms with van der Waals surface area (Å²) in [5, 5.41) is 16.3. The number of benzene rings is 1. The minimum atomic E-state index is -0.287. The number of aromatic nitrogens is 2. The summed E-state index contributed by atoms with van der Waals surface area (Å²) < 4.78 is 1.61. The van der Waals surface area contributed by atoms with E-state index in [0.717, 1.165) is 5.69 Å². The molecule has 2 aromatic rings. The van der Waals surface area contributed by atoms with Gasteiger partial charge in [-0.2, -0.15) is 5.10 Å². The third kappa shape index (κ3) is 2.50. The summed E-state index contributed by atoms with van der Waals surface area (Å²) in [7, 11) is 0. The van der Waals surface area contributed by atoms with E-state index in [2.05, 4.69) is 10.4 Å². The largest absolute Gasteiger partial charge is 0.399 e. The van der Waals surface area contributed by atoms with Crippen LogP contribution >= 0.6 is 0 Å². The van der Waals surface area contributed by atoms with Crippen LogP contribution in [0.15, 0.2) is 36.5 Å². The van der Waals surface area contributed by atoms with Crippen LogP contribution in [0.5, 0.6) is 0 Å². The molecule has 20 heavy (non-hydrogen) atoms. The summed E-state index contributed by atoms with van der Waals surface area (Å²) >= 11 is 0. The molecule has 3 rings (SSSR count). The van der Waals surface area contributed by atoms with E-state index in [1.807, 2.05) is 12.1 Å². The van der Waals surface area contributed by atoms with E-state index < -0.39 is 0 Å². The molecule has 0 spiro atoms. The second-order valence-electron chi connectivity index (χ2n) is 5.04. The van der Waals surface area contributed by atoms with Crippen molar-refractivity contribution in [3.05, 3.63) is 42.2 Å². The van der Waals surface area contributed by atoms with Gasteiger partial charge in [-0.15, -0.1) is 0 Å². The molecule has 0 saturated heterocycles. The van der Waals surface area contributed by atoms with E-state index in [9.17, 15) is 9.90 Å². The van der Waals surface area contributed by atoms with Gasteiger partial charge in [-0.25, -0.2) is 4.68 Å². The van der Waals surface area contributed by atoms with Crippen LogP contribution in [0.4, 0.5) is 5.69 Å². The maximum Gasteiger partial charge on any atom is 0.272 e. The average Bonchev–Trinajstić information content (AvgIpc) is 2.86. The van der Waals surface area contributed by atoms with Crippen LogP contribution in [0.1, 0.15) is 23.3 Å². The lowest BCUT2D eigenvalue weighted by Gasteiger charge is -2.31. The van der Waals surface area contributed by atoms with Crippen molar-refractivity contribution in [2.75, 3.05) is 5.73 Å². The number of hydrogen-bond donors (Lipinski definition) is 3. The minimum Gasteiger partial charge on any atom is -0.399 e. The van der Waals surface area contributed by atoms with Gasteiger partial charge in [0.15, 0.2) is 5.69 Å². The first kappa shape index (κ1) is 12.7. The Morgan fingerprint density at radius 1 is 1.40 bits per heavy atom. The Labute approximate surface area is 116 Å². The molecular weight excluding hydrogens is 256 g/mol. The van der Waals surface area contributed by atoms with Crippen LogP contribution in [-0.4, -0.2) is 32.9 Å². The Morgan fingerprint density at radius 2 is 2.20 bits per heavy atom. The maximum atomic E-state index is 12.0. The highest BCUT2D eigenvalue weighted by Crippen LogP contribution is 2.19. The Hall–Kier alpha value is -2.34. The van der Waals surface area contributed by atoms with E-state index in [1.54, 1.807) is 29.1 Å². The third-order valence-corrected chi connectivity index (χ3v) is 3.40. The molecule has 1 amide bonds. The number of hydrogen-bond acceptors (Lipinski definition) is 4. The number of nitrogens with two attached hydrogens (primary N) is 1. The number of nitrogens with one attached hydrogen (secondary N) is 1. The molecule has 1 heterocycles. The van der Waals surface area contributed by atoms with Gasteiger partial charge in [0, 0.05) is 17.9 Å². The average molecular weight is 272 g/mol. The Bertz CT molecular complexity index is 632. The quantitative estimate of drug-likeness (QED) is 0.717. The summed E-state index contributed by atoms with van der Waals surface area (Å²) in [4.78, 5) is 12.0. The number of aliphatic hydroxyl groups is 1. The van der Waals surface area contributed by atoms with Crippen molar-refractivity contribution in [1.82, 2.24) is 15.1 Å². The van der Waals surface area contributed by atoms with Crippen LogP contribution < -0.4 is 11.1 Å². The number of carbonyl (C=O) groups is 1. The van der Waals surface area contributed by atoms with Crippen molar-refractivity contribution in [3.63, 3.8) is 0 Å². The molecule has 1 fully saturated rings. The molecule has 1 aromatic heterocycles. The molecule has 0 atom stereocenters. The number of aliphatic hydroxyl groups excluding tert-OH is 1. The van der Waals surface area contributed by atoms with Gasteiger partial charge in [0.1, 0.15) is 0 Å². The van der Waals surface area contributed by atoms with Crippen LogP contribution in [0, 0.1) is 0 Å². The van der Waals surface area contributed by atoms with Crippen molar-refractivity contribution >= 4 is 11.6 Å². The molecule has 1 aromatic carbocycles. The van der Waals surface area contributed by atoms with Crippen molar-refractivity contribution in [2.45, 2.75) is 25.0 Å². The van der Waals surface area contributed by atoms with E-state index in [-0.39, 0.29) is 18.1 Å². The number of carbonyl (C=O) groups excluding carboxylic acids is 1. The standard InChI is InChI=1S/C14H16N4O2/c15-9-2-1-3-11(6-9)18-5-4-13(17-18)14(20)16-10-7-12(19)8-10/h1-6,10,12,19H,7-8,15H2,(H,16,20). The molecule has 0 aliphatic heterocycles. The summed E-state index contributed by atoms with van der Waals surface area (Å²) in [6, 6.07) is 9.00. The monoisotopic (exact) mass is 272 g/mol. The molecule has 0 bridgehead atoms. The van der Waals surface area contributed by atoms with Crippen molar-refractivity contribution in [2.24, 2.45) is 0 Å². The van der Waals surface area contributed by atoms with Crippen LogP contribution in [0.2, 0.25) is 0 Å². The SMILES string of the molecule is Nc1cccc(-n2ccc(C(=O)NC3CC(O)C3)n2)c1. The van der Waals surface area contributed by atoms with E-state index in [4.69, 9.17) is 5.73 Å². The normalized spacial score (nSPS) is 21.2. The number of amides is 1. The number of rotatable bonds is 3. The van der Waals surface area contributed by atoms with Crippen molar-refractivity contribution in [1.29, 1.82) is 0 Å². The highest BCUT2D eigenvalue weighted by Gasteiger charge is 2.29. The Kier molecular flexibility index (Phi) is 3.15. The first-order valence-corrected chi connectivity index (χ1v) is 6.52. The van der Waals surface area contributed by atoms with Gasteiger partial charge < -0.3 is 16.2 Å². The molecule has 4 N–H and O–H groups in total. The van der Waals surface area contributed by atoms with E-state index in [0.29, 0.717) is 24.2 Å². The first-order valence-electron chi connectivity index (χ1n) is 6.52. The first-order chi connectivity index (χ1) is 9.61. The lowest BCUT2D eigenvalue weighted by atomic mass is 9.89. The molecule has 6 heteroatoms. The smallest absolute Gasteiger partial charge is 0.272 e. The van der Waals surface area contributed by atoms with Gasteiger partial charge in [0.25, 0.3) is 5.91 Å². The molecule has 104 valence electrons. The summed E-state index contributed by atoms with van der Waals surface area (Å²) in [5.74, 6) is -0.218. The van der Waals surface area contributed by atoms with E-state index >= 15 is 0 Å². The van der Waals surface area contributed by atoms with Gasteiger partial charge >= 0.3 is 0 Å². The zero-order valence-corrected chi connectivity index (χ0v) is 10.9. The topological polar surface area (TPSA) is 93.2 Å². The fourth-order valence-electron chi connectivity index (χ4n) is 2.22. The zero-order valence-electron chi connectivity index (χ0n) is 10.9. The molecule has 1 aliphatic carbocycles. The van der Waals surface area contributed by atoms with Gasteiger partial charge in [-0.05, 0) is 37.1 Å². The number of anilines is 1. The van der Waals surface area contributed by atoms with Gasteiger partial charge in [-0.3, -0.25) is 4.79 Å². The highest BCUT2D eigenvalue weighted by molar-refractivity contribution is 5.92.